The van der Waals surface area contributed by atoms with E-state index in [2.05, 4.69) is 31.2 Å². The quantitative estimate of drug-likeness (QED) is 0.879. The van der Waals surface area contributed by atoms with E-state index in [0.717, 1.165) is 27.0 Å². The van der Waals surface area contributed by atoms with E-state index in [1.54, 1.807) is 12.4 Å². The van der Waals surface area contributed by atoms with Crippen molar-refractivity contribution in [2.45, 2.75) is 0 Å². The SMILES string of the molecule is O=C1CN=C(c2ccncc2)c2cc(Br)ccc2N1. The Kier molecular flexibility index (Phi) is 3.13. The molecule has 0 saturated carbocycles. The number of halogens is 1. The van der Waals surface area contributed by atoms with Crippen LogP contribution < -0.4 is 5.32 Å². The lowest BCUT2D eigenvalue weighted by Crippen LogP contribution is -2.13. The largest absolute Gasteiger partial charge is 0.324 e. The summed E-state index contributed by atoms with van der Waals surface area (Å²) in [6.07, 6.45) is 3.44. The summed E-state index contributed by atoms with van der Waals surface area (Å²) in [7, 11) is 0. The molecule has 0 atom stereocenters. The van der Waals surface area contributed by atoms with Crippen molar-refractivity contribution in [3.05, 3.63) is 58.3 Å². The highest BCUT2D eigenvalue weighted by atomic mass is 79.9. The number of benzene rings is 1. The van der Waals surface area contributed by atoms with Gasteiger partial charge in [0, 0.05) is 28.0 Å². The van der Waals surface area contributed by atoms with E-state index in [0.29, 0.717) is 0 Å². The number of amides is 1. The Morgan fingerprint density at radius 3 is 2.74 bits per heavy atom. The number of hydrogen-bond acceptors (Lipinski definition) is 3. The van der Waals surface area contributed by atoms with Crippen LogP contribution in [0.4, 0.5) is 5.69 Å². The second-order valence-electron chi connectivity index (χ2n) is 4.14. The first kappa shape index (κ1) is 12.0. The minimum absolute atomic E-state index is 0.104. The smallest absolute Gasteiger partial charge is 0.246 e. The molecule has 19 heavy (non-hydrogen) atoms. The number of nitrogens with one attached hydrogen (secondary N) is 1. The minimum Gasteiger partial charge on any atom is -0.324 e. The van der Waals surface area contributed by atoms with Crippen LogP contribution in [0, 0.1) is 0 Å². The lowest BCUT2D eigenvalue weighted by molar-refractivity contribution is -0.114. The monoisotopic (exact) mass is 315 g/mol. The van der Waals surface area contributed by atoms with Crippen LogP contribution in [0.2, 0.25) is 0 Å². The van der Waals surface area contributed by atoms with Crippen molar-refractivity contribution in [1.29, 1.82) is 0 Å². The molecular formula is C14H10BrN3O. The van der Waals surface area contributed by atoms with Crippen LogP contribution in [0.15, 0.2) is 52.2 Å². The first-order valence-corrected chi connectivity index (χ1v) is 6.58. The summed E-state index contributed by atoms with van der Waals surface area (Å²) < 4.78 is 0.948. The average molecular weight is 316 g/mol. The third kappa shape index (κ3) is 2.42. The highest BCUT2D eigenvalue weighted by molar-refractivity contribution is 9.10. The zero-order valence-electron chi connectivity index (χ0n) is 9.93. The van der Waals surface area contributed by atoms with Crippen LogP contribution in [0.3, 0.4) is 0 Å². The zero-order valence-corrected chi connectivity index (χ0v) is 11.5. The highest BCUT2D eigenvalue weighted by Crippen LogP contribution is 2.25. The van der Waals surface area contributed by atoms with Crippen molar-refractivity contribution >= 4 is 33.2 Å². The van der Waals surface area contributed by atoms with E-state index in [-0.39, 0.29) is 12.5 Å². The minimum atomic E-state index is -0.104. The fourth-order valence-electron chi connectivity index (χ4n) is 2.00. The van der Waals surface area contributed by atoms with Crippen LogP contribution in [0.1, 0.15) is 11.1 Å². The lowest BCUT2D eigenvalue weighted by Gasteiger charge is -2.10. The first-order valence-electron chi connectivity index (χ1n) is 5.78. The molecule has 0 unspecified atom stereocenters. The fraction of sp³-hybridized carbons (Fsp3) is 0.0714. The van der Waals surface area contributed by atoms with E-state index in [1.807, 2.05) is 30.3 Å². The number of anilines is 1. The van der Waals surface area contributed by atoms with Crippen molar-refractivity contribution in [1.82, 2.24) is 4.98 Å². The van der Waals surface area contributed by atoms with Gasteiger partial charge in [0.05, 0.1) is 11.4 Å². The van der Waals surface area contributed by atoms with Crippen LogP contribution in [-0.2, 0) is 4.79 Å². The number of carbonyl (C=O) groups is 1. The molecule has 0 fully saturated rings. The molecule has 1 aromatic heterocycles. The van der Waals surface area contributed by atoms with Gasteiger partial charge in [-0.1, -0.05) is 15.9 Å². The van der Waals surface area contributed by atoms with E-state index < -0.39 is 0 Å². The standard InChI is InChI=1S/C14H10BrN3O/c15-10-1-2-12-11(7-10)14(17-8-13(19)18-12)9-3-5-16-6-4-9/h1-7H,8H2,(H,18,19). The van der Waals surface area contributed by atoms with Gasteiger partial charge in [0.15, 0.2) is 0 Å². The van der Waals surface area contributed by atoms with Gasteiger partial charge in [-0.3, -0.25) is 14.8 Å². The predicted molar refractivity (Wildman–Crippen MR) is 77.5 cm³/mol. The Morgan fingerprint density at radius 1 is 1.16 bits per heavy atom. The molecule has 1 amide bonds. The number of carbonyl (C=O) groups excluding carboxylic acids is 1. The summed E-state index contributed by atoms with van der Waals surface area (Å²) in [6.45, 7) is 0.129. The summed E-state index contributed by atoms with van der Waals surface area (Å²) in [5.74, 6) is -0.104. The molecule has 1 aliphatic rings. The zero-order chi connectivity index (χ0) is 13.2. The van der Waals surface area contributed by atoms with Crippen LogP contribution in [0.5, 0.6) is 0 Å². The van der Waals surface area contributed by atoms with E-state index in [4.69, 9.17) is 0 Å². The Bertz CT molecular complexity index is 668. The van der Waals surface area contributed by atoms with Gasteiger partial charge in [-0.05, 0) is 30.3 Å². The number of rotatable bonds is 1. The van der Waals surface area contributed by atoms with Crippen molar-refractivity contribution in [3.63, 3.8) is 0 Å². The Labute approximate surface area is 118 Å². The van der Waals surface area contributed by atoms with Crippen molar-refractivity contribution in [2.75, 3.05) is 11.9 Å². The number of pyridine rings is 1. The number of fused-ring (bicyclic) bond motifs is 1. The fourth-order valence-corrected chi connectivity index (χ4v) is 2.36. The first-order chi connectivity index (χ1) is 9.24. The molecule has 2 heterocycles. The Balaban J connectivity index is 2.20. The third-order valence-corrected chi connectivity index (χ3v) is 3.34. The second kappa shape index (κ2) is 4.93. The van der Waals surface area contributed by atoms with Gasteiger partial charge in [-0.15, -0.1) is 0 Å². The van der Waals surface area contributed by atoms with Crippen molar-refractivity contribution < 1.29 is 4.79 Å². The maximum absolute atomic E-state index is 11.7. The Morgan fingerprint density at radius 2 is 1.95 bits per heavy atom. The van der Waals surface area contributed by atoms with Gasteiger partial charge in [-0.2, -0.15) is 0 Å². The van der Waals surface area contributed by atoms with Gasteiger partial charge in [-0.25, -0.2) is 0 Å². The molecule has 0 aliphatic carbocycles. The maximum atomic E-state index is 11.7. The Hall–Kier alpha value is -2.01. The molecule has 4 nitrogen and oxygen atoms in total. The molecule has 0 spiro atoms. The topological polar surface area (TPSA) is 54.4 Å². The molecule has 2 aromatic rings. The normalized spacial score (nSPS) is 14.2. The number of nitrogens with zero attached hydrogens (tertiary/aromatic N) is 2. The number of aromatic nitrogens is 1. The van der Waals surface area contributed by atoms with E-state index in [9.17, 15) is 4.79 Å². The molecule has 3 rings (SSSR count). The van der Waals surface area contributed by atoms with Gasteiger partial charge in [0.1, 0.15) is 6.54 Å². The van der Waals surface area contributed by atoms with E-state index in [1.165, 1.54) is 0 Å². The molecule has 5 heteroatoms. The van der Waals surface area contributed by atoms with Crippen molar-refractivity contribution in [3.8, 4) is 0 Å². The maximum Gasteiger partial charge on any atom is 0.246 e. The molecule has 1 aliphatic heterocycles. The van der Waals surface area contributed by atoms with Crippen LogP contribution >= 0.6 is 15.9 Å². The second-order valence-corrected chi connectivity index (χ2v) is 5.05. The summed E-state index contributed by atoms with van der Waals surface area (Å²) in [6, 6.07) is 9.51. The summed E-state index contributed by atoms with van der Waals surface area (Å²) in [4.78, 5) is 20.1. The van der Waals surface area contributed by atoms with Gasteiger partial charge in [0.2, 0.25) is 5.91 Å². The van der Waals surface area contributed by atoms with Crippen molar-refractivity contribution in [2.24, 2.45) is 4.99 Å². The van der Waals surface area contributed by atoms with Crippen LogP contribution in [0.25, 0.3) is 0 Å². The van der Waals surface area contributed by atoms with Gasteiger partial charge in [0.25, 0.3) is 0 Å². The number of benzodiazepines with no additional fused rings is 1. The molecule has 94 valence electrons. The van der Waals surface area contributed by atoms with Gasteiger partial charge < -0.3 is 5.32 Å². The molecular weight excluding hydrogens is 306 g/mol. The van der Waals surface area contributed by atoms with E-state index >= 15 is 0 Å². The lowest BCUT2D eigenvalue weighted by atomic mass is 10.0. The number of hydrogen-bond donors (Lipinski definition) is 1. The third-order valence-electron chi connectivity index (χ3n) is 2.85. The summed E-state index contributed by atoms with van der Waals surface area (Å²) in [5, 5.41) is 2.86. The molecule has 0 radical (unpaired) electrons. The summed E-state index contributed by atoms with van der Waals surface area (Å²) >= 11 is 3.45. The molecule has 0 saturated heterocycles. The average Bonchev–Trinajstić information content (AvgIpc) is 2.58. The van der Waals surface area contributed by atoms with Gasteiger partial charge >= 0.3 is 0 Å². The number of aliphatic imine (C=N–C) groups is 1. The molecule has 0 bridgehead atoms. The molecule has 1 N–H and O–H groups in total. The highest BCUT2D eigenvalue weighted by Gasteiger charge is 2.17. The predicted octanol–water partition coefficient (Wildman–Crippen LogP) is 2.63. The molecule has 1 aromatic carbocycles. The van der Waals surface area contributed by atoms with Crippen LogP contribution in [-0.4, -0.2) is 23.1 Å². The summed E-state index contributed by atoms with van der Waals surface area (Å²) in [5.41, 5.74) is 3.44.